The number of carboxylic acids is 1. The first kappa shape index (κ1) is 21.6. The molecule has 3 rings (SSSR count). The molecule has 0 radical (unpaired) electrons. The number of amides is 1. The number of aliphatic carboxylic acids is 1. The van der Waals surface area contributed by atoms with E-state index in [-0.39, 0.29) is 31.2 Å². The first-order chi connectivity index (χ1) is 14.4. The van der Waals surface area contributed by atoms with Crippen molar-refractivity contribution in [3.8, 4) is 11.5 Å². The van der Waals surface area contributed by atoms with Gasteiger partial charge >= 0.3 is 5.97 Å². The van der Waals surface area contributed by atoms with E-state index in [4.69, 9.17) is 26.2 Å². The van der Waals surface area contributed by atoms with Crippen molar-refractivity contribution in [2.75, 3.05) is 14.2 Å². The van der Waals surface area contributed by atoms with Crippen LogP contribution in [0.4, 0.5) is 0 Å². The van der Waals surface area contributed by atoms with Crippen molar-refractivity contribution in [2.24, 2.45) is 5.10 Å². The van der Waals surface area contributed by atoms with Gasteiger partial charge in [-0.25, -0.2) is 5.01 Å². The lowest BCUT2D eigenvalue weighted by atomic mass is 9.98. The zero-order valence-electron chi connectivity index (χ0n) is 16.8. The van der Waals surface area contributed by atoms with E-state index in [0.29, 0.717) is 22.9 Å². The summed E-state index contributed by atoms with van der Waals surface area (Å²) in [4.78, 5) is 23.6. The third-order valence-corrected chi connectivity index (χ3v) is 5.17. The summed E-state index contributed by atoms with van der Waals surface area (Å²) in [5.74, 6) is 0.0438. The summed E-state index contributed by atoms with van der Waals surface area (Å²) in [6, 6.07) is 12.5. The maximum atomic E-state index is 12.8. The molecule has 1 aliphatic rings. The number of ether oxygens (including phenoxy) is 2. The third-order valence-electron chi connectivity index (χ3n) is 4.92. The summed E-state index contributed by atoms with van der Waals surface area (Å²) in [5.41, 5.74) is 2.47. The van der Waals surface area contributed by atoms with Crippen LogP contribution in [-0.2, 0) is 9.59 Å². The molecule has 158 valence electrons. The fraction of sp³-hybridized carbons (Fsp3) is 0.318. The lowest BCUT2D eigenvalue weighted by Crippen LogP contribution is -2.27. The van der Waals surface area contributed by atoms with Gasteiger partial charge < -0.3 is 14.6 Å². The highest BCUT2D eigenvalue weighted by molar-refractivity contribution is 6.30. The second kappa shape index (κ2) is 9.63. The molecule has 0 saturated carbocycles. The van der Waals surface area contributed by atoms with Gasteiger partial charge in [-0.2, -0.15) is 5.10 Å². The Hall–Kier alpha value is -3.06. The van der Waals surface area contributed by atoms with Crippen LogP contribution in [0.3, 0.4) is 0 Å². The highest BCUT2D eigenvalue weighted by atomic mass is 35.5. The molecule has 0 fully saturated rings. The second-order valence-corrected chi connectivity index (χ2v) is 7.31. The molecule has 7 nitrogen and oxygen atoms in total. The molecule has 1 unspecified atom stereocenters. The number of hydrogen-bond donors (Lipinski definition) is 1. The van der Waals surface area contributed by atoms with Gasteiger partial charge in [-0.15, -0.1) is 0 Å². The molecule has 8 heteroatoms. The molecule has 0 saturated heterocycles. The van der Waals surface area contributed by atoms with E-state index in [1.165, 1.54) is 5.01 Å². The van der Waals surface area contributed by atoms with Crippen LogP contribution >= 0.6 is 11.6 Å². The van der Waals surface area contributed by atoms with Gasteiger partial charge in [0.15, 0.2) is 11.5 Å². The Morgan fingerprint density at radius 1 is 1.10 bits per heavy atom. The van der Waals surface area contributed by atoms with Crippen molar-refractivity contribution in [3.05, 3.63) is 58.6 Å². The molecule has 2 aromatic carbocycles. The van der Waals surface area contributed by atoms with Crippen molar-refractivity contribution in [2.45, 2.75) is 31.7 Å². The normalized spacial score (nSPS) is 15.6. The molecule has 1 atom stereocenters. The Kier molecular flexibility index (Phi) is 6.95. The molecular formula is C22H23ClN2O5. The molecule has 1 heterocycles. The van der Waals surface area contributed by atoms with E-state index in [1.807, 2.05) is 24.3 Å². The van der Waals surface area contributed by atoms with E-state index in [9.17, 15) is 9.59 Å². The predicted octanol–water partition coefficient (Wildman–Crippen LogP) is 4.29. The van der Waals surface area contributed by atoms with Crippen LogP contribution in [0.2, 0.25) is 5.02 Å². The van der Waals surface area contributed by atoms with Crippen molar-refractivity contribution < 1.29 is 24.2 Å². The van der Waals surface area contributed by atoms with E-state index >= 15 is 0 Å². The largest absolute Gasteiger partial charge is 0.493 e. The second-order valence-electron chi connectivity index (χ2n) is 6.87. The molecular weight excluding hydrogens is 408 g/mol. The van der Waals surface area contributed by atoms with Gasteiger partial charge in [0.1, 0.15) is 0 Å². The van der Waals surface area contributed by atoms with Gasteiger partial charge in [-0.3, -0.25) is 9.59 Å². The molecule has 0 bridgehead atoms. The van der Waals surface area contributed by atoms with Crippen molar-refractivity contribution >= 4 is 29.2 Å². The average molecular weight is 431 g/mol. The Labute approximate surface area is 179 Å². The van der Waals surface area contributed by atoms with Gasteiger partial charge in [0.05, 0.1) is 26.0 Å². The van der Waals surface area contributed by atoms with Crippen LogP contribution in [0.15, 0.2) is 47.6 Å². The highest BCUT2D eigenvalue weighted by Crippen LogP contribution is 2.36. The summed E-state index contributed by atoms with van der Waals surface area (Å²) >= 11 is 6.01. The summed E-state index contributed by atoms with van der Waals surface area (Å²) in [5, 5.41) is 15.5. The summed E-state index contributed by atoms with van der Waals surface area (Å²) in [6.45, 7) is 0. The van der Waals surface area contributed by atoms with Crippen molar-refractivity contribution in [3.63, 3.8) is 0 Å². The number of rotatable bonds is 8. The minimum Gasteiger partial charge on any atom is -0.493 e. The van der Waals surface area contributed by atoms with Crippen molar-refractivity contribution in [1.29, 1.82) is 0 Å². The number of benzene rings is 2. The fourth-order valence-corrected chi connectivity index (χ4v) is 3.51. The molecule has 0 aromatic heterocycles. The van der Waals surface area contributed by atoms with E-state index in [0.717, 1.165) is 16.8 Å². The maximum Gasteiger partial charge on any atom is 0.303 e. The standard InChI is InChI=1S/C22H23ClN2O5/c1-29-19-11-8-15(12-20(19)30-2)17-13-18(14-6-9-16(23)10-7-14)25(24-17)21(26)4-3-5-22(27)28/h6-12,18H,3-5,13H2,1-2H3,(H,27,28). The lowest BCUT2D eigenvalue weighted by molar-refractivity contribution is -0.137. The smallest absolute Gasteiger partial charge is 0.303 e. The molecule has 1 amide bonds. The number of carboxylic acid groups (broad SMARTS) is 1. The minimum absolute atomic E-state index is 0.0581. The zero-order chi connectivity index (χ0) is 21.7. The average Bonchev–Trinajstić information content (AvgIpc) is 3.19. The van der Waals surface area contributed by atoms with Crippen LogP contribution < -0.4 is 9.47 Å². The van der Waals surface area contributed by atoms with E-state index in [1.54, 1.807) is 32.4 Å². The van der Waals surface area contributed by atoms with E-state index < -0.39 is 5.97 Å². The Morgan fingerprint density at radius 3 is 2.43 bits per heavy atom. The molecule has 2 aromatic rings. The Bertz CT molecular complexity index is 959. The monoisotopic (exact) mass is 430 g/mol. The zero-order valence-corrected chi connectivity index (χ0v) is 17.6. The topological polar surface area (TPSA) is 88.4 Å². The van der Waals surface area contributed by atoms with Crippen LogP contribution in [0.1, 0.15) is 42.9 Å². The van der Waals surface area contributed by atoms with E-state index in [2.05, 4.69) is 5.10 Å². The fourth-order valence-electron chi connectivity index (χ4n) is 3.38. The van der Waals surface area contributed by atoms with Crippen LogP contribution in [0.5, 0.6) is 11.5 Å². The lowest BCUT2D eigenvalue weighted by Gasteiger charge is -2.22. The summed E-state index contributed by atoms with van der Waals surface area (Å²) in [7, 11) is 3.13. The van der Waals surface area contributed by atoms with Gasteiger partial charge in [0.2, 0.25) is 5.91 Å². The number of hydrogen-bond acceptors (Lipinski definition) is 5. The Balaban J connectivity index is 1.90. The first-order valence-corrected chi connectivity index (χ1v) is 9.90. The molecule has 0 aliphatic carbocycles. The Morgan fingerprint density at radius 2 is 1.80 bits per heavy atom. The molecule has 1 N–H and O–H groups in total. The van der Waals surface area contributed by atoms with Gasteiger partial charge in [-0.05, 0) is 42.3 Å². The van der Waals surface area contributed by atoms with Crippen LogP contribution in [-0.4, -0.2) is 41.9 Å². The SMILES string of the molecule is COc1ccc(C2=NN(C(=O)CCCC(=O)O)C(c3ccc(Cl)cc3)C2)cc1OC. The van der Waals surface area contributed by atoms with Gasteiger partial charge in [0, 0.05) is 29.8 Å². The van der Waals surface area contributed by atoms with Gasteiger partial charge in [0.25, 0.3) is 0 Å². The molecule has 0 spiro atoms. The quantitative estimate of drug-likeness (QED) is 0.674. The van der Waals surface area contributed by atoms with Crippen LogP contribution in [0, 0.1) is 0 Å². The summed E-state index contributed by atoms with van der Waals surface area (Å²) in [6.07, 6.45) is 0.831. The van der Waals surface area contributed by atoms with Crippen LogP contribution in [0.25, 0.3) is 0 Å². The number of halogens is 1. The molecule has 30 heavy (non-hydrogen) atoms. The maximum absolute atomic E-state index is 12.8. The number of hydrazone groups is 1. The number of carbonyl (C=O) groups excluding carboxylic acids is 1. The first-order valence-electron chi connectivity index (χ1n) is 9.52. The number of methoxy groups -OCH3 is 2. The minimum atomic E-state index is -0.923. The number of nitrogens with zero attached hydrogens (tertiary/aromatic N) is 2. The molecule has 1 aliphatic heterocycles. The predicted molar refractivity (Wildman–Crippen MR) is 113 cm³/mol. The van der Waals surface area contributed by atoms with Crippen molar-refractivity contribution in [1.82, 2.24) is 5.01 Å². The summed E-state index contributed by atoms with van der Waals surface area (Å²) < 4.78 is 10.7. The van der Waals surface area contributed by atoms with Gasteiger partial charge in [-0.1, -0.05) is 23.7 Å². The number of carbonyl (C=O) groups is 2. The third kappa shape index (κ3) is 4.91. The highest BCUT2D eigenvalue weighted by Gasteiger charge is 2.33.